The third kappa shape index (κ3) is 6.10. The summed E-state index contributed by atoms with van der Waals surface area (Å²) >= 11 is 0. The van der Waals surface area contributed by atoms with Crippen LogP contribution in [0, 0.1) is 0 Å². The molecule has 5 heteroatoms. The summed E-state index contributed by atoms with van der Waals surface area (Å²) in [4.78, 5) is 28.2. The van der Waals surface area contributed by atoms with Crippen LogP contribution in [0.15, 0.2) is 84.9 Å². The van der Waals surface area contributed by atoms with Crippen molar-refractivity contribution in [1.29, 1.82) is 0 Å². The molecular weight excluding hydrogens is 412 g/mol. The average Bonchev–Trinajstić information content (AvgIpc) is 2.87. The van der Waals surface area contributed by atoms with Crippen LogP contribution in [0.2, 0.25) is 0 Å². The normalized spacial score (nSPS) is 13.8. The van der Waals surface area contributed by atoms with E-state index in [9.17, 15) is 9.59 Å². The number of anilines is 1. The maximum absolute atomic E-state index is 12.6. The molecule has 0 spiro atoms. The van der Waals surface area contributed by atoms with Gasteiger partial charge < -0.3 is 14.5 Å². The lowest BCUT2D eigenvalue weighted by Gasteiger charge is -2.35. The predicted octanol–water partition coefficient (Wildman–Crippen LogP) is 4.83. The van der Waals surface area contributed by atoms with Crippen molar-refractivity contribution in [3.05, 3.63) is 102 Å². The van der Waals surface area contributed by atoms with E-state index in [4.69, 9.17) is 4.74 Å². The van der Waals surface area contributed by atoms with Crippen LogP contribution in [0.5, 0.6) is 5.75 Å². The summed E-state index contributed by atoms with van der Waals surface area (Å²) < 4.78 is 5.81. The fraction of sp³-hybridized carbons (Fsp3) is 0.214. The Morgan fingerprint density at radius 2 is 1.52 bits per heavy atom. The van der Waals surface area contributed by atoms with Crippen molar-refractivity contribution in [2.45, 2.75) is 13.5 Å². The molecule has 1 fully saturated rings. The first-order valence-electron chi connectivity index (χ1n) is 11.2. The SMILES string of the molecule is CC(=O)c1ccc(N2CCN(C(=O)/C=C/c3ccc(OCc4ccccc4)cc3)CC2)cc1. The van der Waals surface area contributed by atoms with Gasteiger partial charge >= 0.3 is 0 Å². The lowest BCUT2D eigenvalue weighted by molar-refractivity contribution is -0.126. The quantitative estimate of drug-likeness (QED) is 0.390. The van der Waals surface area contributed by atoms with Gasteiger partial charge in [0.15, 0.2) is 5.78 Å². The highest BCUT2D eigenvalue weighted by Crippen LogP contribution is 2.19. The first-order chi connectivity index (χ1) is 16.1. The highest BCUT2D eigenvalue weighted by molar-refractivity contribution is 5.94. The average molecular weight is 441 g/mol. The second-order valence-electron chi connectivity index (χ2n) is 8.09. The van der Waals surface area contributed by atoms with Crippen LogP contribution in [-0.2, 0) is 11.4 Å². The number of hydrogen-bond acceptors (Lipinski definition) is 4. The second kappa shape index (κ2) is 10.6. The second-order valence-corrected chi connectivity index (χ2v) is 8.09. The zero-order valence-corrected chi connectivity index (χ0v) is 18.8. The number of rotatable bonds is 7. The Hall–Kier alpha value is -3.86. The number of piperazine rings is 1. The Morgan fingerprint density at radius 1 is 0.848 bits per heavy atom. The molecule has 5 nitrogen and oxygen atoms in total. The fourth-order valence-electron chi connectivity index (χ4n) is 3.78. The highest BCUT2D eigenvalue weighted by Gasteiger charge is 2.19. The van der Waals surface area contributed by atoms with Gasteiger partial charge in [-0.1, -0.05) is 42.5 Å². The number of ether oxygens (including phenoxy) is 1. The van der Waals surface area contributed by atoms with E-state index in [2.05, 4.69) is 4.90 Å². The number of nitrogens with zero attached hydrogens (tertiary/aromatic N) is 2. The molecule has 0 saturated carbocycles. The maximum atomic E-state index is 12.6. The van der Waals surface area contributed by atoms with Crippen molar-refractivity contribution in [2.75, 3.05) is 31.1 Å². The molecule has 0 radical (unpaired) electrons. The van der Waals surface area contributed by atoms with Crippen molar-refractivity contribution >= 4 is 23.5 Å². The largest absolute Gasteiger partial charge is 0.489 e. The Kier molecular flexibility index (Phi) is 7.20. The molecule has 0 aromatic heterocycles. The van der Waals surface area contributed by atoms with E-state index in [1.54, 1.807) is 13.0 Å². The summed E-state index contributed by atoms with van der Waals surface area (Å²) in [6, 6.07) is 25.5. The van der Waals surface area contributed by atoms with Gasteiger partial charge in [0.25, 0.3) is 0 Å². The summed E-state index contributed by atoms with van der Waals surface area (Å²) in [5, 5.41) is 0. The monoisotopic (exact) mass is 440 g/mol. The summed E-state index contributed by atoms with van der Waals surface area (Å²) in [6.45, 7) is 4.98. The molecule has 4 rings (SSSR count). The topological polar surface area (TPSA) is 49.9 Å². The molecule has 1 aliphatic rings. The number of Topliss-reactive ketones (excluding diaryl/α,β-unsaturated/α-hetero) is 1. The minimum atomic E-state index is 0.0194. The van der Waals surface area contributed by atoms with Crippen LogP contribution >= 0.6 is 0 Å². The Bertz CT molecular complexity index is 1100. The molecule has 0 unspecified atom stereocenters. The highest BCUT2D eigenvalue weighted by atomic mass is 16.5. The van der Waals surface area contributed by atoms with Gasteiger partial charge in [0.05, 0.1) is 0 Å². The smallest absolute Gasteiger partial charge is 0.246 e. The lowest BCUT2D eigenvalue weighted by atomic mass is 10.1. The molecule has 1 saturated heterocycles. The van der Waals surface area contributed by atoms with Gasteiger partial charge in [0, 0.05) is 43.5 Å². The summed E-state index contributed by atoms with van der Waals surface area (Å²) in [5.41, 5.74) is 3.88. The van der Waals surface area contributed by atoms with E-state index in [0.29, 0.717) is 25.3 Å². The van der Waals surface area contributed by atoms with Gasteiger partial charge in [0.1, 0.15) is 12.4 Å². The molecule has 0 aliphatic carbocycles. The van der Waals surface area contributed by atoms with Crippen LogP contribution in [-0.4, -0.2) is 42.8 Å². The predicted molar refractivity (Wildman–Crippen MR) is 131 cm³/mol. The molecule has 1 heterocycles. The number of carbonyl (C=O) groups excluding carboxylic acids is 2. The number of benzene rings is 3. The molecule has 33 heavy (non-hydrogen) atoms. The number of carbonyl (C=O) groups is 2. The van der Waals surface area contributed by atoms with Crippen LogP contribution < -0.4 is 9.64 Å². The number of ketones is 1. The van der Waals surface area contributed by atoms with E-state index >= 15 is 0 Å². The zero-order chi connectivity index (χ0) is 23.0. The van der Waals surface area contributed by atoms with Crippen LogP contribution in [0.25, 0.3) is 6.08 Å². The first kappa shape index (κ1) is 22.3. The van der Waals surface area contributed by atoms with Crippen molar-refractivity contribution < 1.29 is 14.3 Å². The summed E-state index contributed by atoms with van der Waals surface area (Å²) in [6.07, 6.45) is 3.48. The maximum Gasteiger partial charge on any atom is 0.246 e. The van der Waals surface area contributed by atoms with E-state index < -0.39 is 0 Å². The summed E-state index contributed by atoms with van der Waals surface area (Å²) in [7, 11) is 0. The Labute approximate surface area is 194 Å². The van der Waals surface area contributed by atoms with E-state index in [1.165, 1.54) is 0 Å². The molecule has 3 aromatic carbocycles. The molecule has 0 atom stereocenters. The standard InChI is InChI=1S/C28H28N2O3/c1-22(31)25-10-12-26(13-11-25)29-17-19-30(20-18-29)28(32)16-9-23-7-14-27(15-8-23)33-21-24-5-3-2-4-6-24/h2-16H,17-21H2,1H3/b16-9+. The van der Waals surface area contributed by atoms with Crippen LogP contribution in [0.4, 0.5) is 5.69 Å². The van der Waals surface area contributed by atoms with Gasteiger partial charge in [-0.2, -0.15) is 0 Å². The molecular formula is C28H28N2O3. The molecule has 0 bridgehead atoms. The molecule has 168 valence electrons. The molecule has 1 amide bonds. The van der Waals surface area contributed by atoms with E-state index in [0.717, 1.165) is 35.7 Å². The summed E-state index contributed by atoms with van der Waals surface area (Å²) in [5.74, 6) is 0.888. The van der Waals surface area contributed by atoms with Gasteiger partial charge in [0.2, 0.25) is 5.91 Å². The molecule has 1 aliphatic heterocycles. The first-order valence-corrected chi connectivity index (χ1v) is 11.2. The molecule has 0 N–H and O–H groups in total. The minimum Gasteiger partial charge on any atom is -0.489 e. The van der Waals surface area contributed by atoms with E-state index in [1.807, 2.05) is 89.8 Å². The minimum absolute atomic E-state index is 0.0194. The van der Waals surface area contributed by atoms with Crippen molar-refractivity contribution in [2.24, 2.45) is 0 Å². The van der Waals surface area contributed by atoms with Crippen LogP contribution in [0.3, 0.4) is 0 Å². The van der Waals surface area contributed by atoms with Crippen molar-refractivity contribution in [3.63, 3.8) is 0 Å². The van der Waals surface area contributed by atoms with Gasteiger partial charge in [-0.15, -0.1) is 0 Å². The van der Waals surface area contributed by atoms with E-state index in [-0.39, 0.29) is 11.7 Å². The van der Waals surface area contributed by atoms with Gasteiger partial charge in [-0.3, -0.25) is 9.59 Å². The van der Waals surface area contributed by atoms with Gasteiger partial charge in [-0.25, -0.2) is 0 Å². The van der Waals surface area contributed by atoms with Crippen molar-refractivity contribution in [3.8, 4) is 5.75 Å². The number of amides is 1. The Balaban J connectivity index is 1.25. The van der Waals surface area contributed by atoms with Gasteiger partial charge in [-0.05, 0) is 60.5 Å². The van der Waals surface area contributed by atoms with Crippen LogP contribution in [0.1, 0.15) is 28.4 Å². The third-order valence-corrected chi connectivity index (χ3v) is 5.78. The third-order valence-electron chi connectivity index (χ3n) is 5.78. The number of hydrogen-bond donors (Lipinski definition) is 0. The lowest BCUT2D eigenvalue weighted by Crippen LogP contribution is -2.48. The van der Waals surface area contributed by atoms with Crippen molar-refractivity contribution in [1.82, 2.24) is 4.90 Å². The molecule has 3 aromatic rings. The fourth-order valence-corrected chi connectivity index (χ4v) is 3.78. The Morgan fingerprint density at radius 3 is 2.15 bits per heavy atom. The zero-order valence-electron chi connectivity index (χ0n) is 18.8.